The molecule has 0 fully saturated rings. The average molecular weight is 136 g/mol. The molecule has 0 N–H and O–H groups in total. The molecule has 8 heavy (non-hydrogen) atoms. The van der Waals surface area contributed by atoms with Crippen LogP contribution in [0.3, 0.4) is 0 Å². The van der Waals surface area contributed by atoms with E-state index in [0.29, 0.717) is 0 Å². The molecule has 0 spiro atoms. The third kappa shape index (κ3) is 36.6. The highest BCUT2D eigenvalue weighted by atomic mass is 31.1. The van der Waals surface area contributed by atoms with E-state index in [-0.39, 0.29) is 8.69 Å². The Kier molecular flexibility index (Phi) is 21.5. The number of rotatable bonds is 2. The van der Waals surface area contributed by atoms with Crippen molar-refractivity contribution >= 4 is 8.69 Å². The second kappa shape index (κ2) is 15.7. The summed E-state index contributed by atoms with van der Waals surface area (Å²) in [6, 6.07) is 0. The maximum atomic E-state index is 9.05. The third-order valence-electron chi connectivity index (χ3n) is 0.575. The molecule has 0 aliphatic heterocycles. The van der Waals surface area contributed by atoms with Crippen molar-refractivity contribution in [2.24, 2.45) is 0 Å². The van der Waals surface area contributed by atoms with Gasteiger partial charge in [-0.1, -0.05) is 26.7 Å². The molecule has 0 unspecified atom stereocenters. The van der Waals surface area contributed by atoms with Gasteiger partial charge >= 0.3 is 8.69 Å². The van der Waals surface area contributed by atoms with Crippen molar-refractivity contribution in [3.63, 3.8) is 0 Å². The molecule has 0 aromatic heterocycles. The van der Waals surface area contributed by atoms with Gasteiger partial charge in [-0.25, -0.2) is 4.57 Å². The largest absolute Gasteiger partial charge is 0.327 e. The maximum Gasteiger partial charge on any atom is 0.327 e. The van der Waals surface area contributed by atoms with Gasteiger partial charge in [0, 0.05) is 7.11 Å². The van der Waals surface area contributed by atoms with Crippen molar-refractivity contribution in [3.8, 4) is 0 Å². The summed E-state index contributed by atoms with van der Waals surface area (Å²) in [5.74, 6) is 0. The van der Waals surface area contributed by atoms with Gasteiger partial charge in [-0.3, -0.25) is 4.52 Å². The topological polar surface area (TPSA) is 26.3 Å². The van der Waals surface area contributed by atoms with Crippen LogP contribution >= 0.6 is 8.69 Å². The smallest absolute Gasteiger partial charge is 0.298 e. The molecule has 0 saturated carbocycles. The number of hydrogen-bond donors (Lipinski definition) is 0. The monoisotopic (exact) mass is 136 g/mol. The van der Waals surface area contributed by atoms with Gasteiger partial charge in [-0.15, -0.1) is 0 Å². The lowest BCUT2D eigenvalue weighted by Gasteiger charge is -1.68. The molecule has 0 amide bonds. The number of unbranched alkanes of at least 4 members (excludes halogenated alkanes) is 1. The molecule has 50 valence electrons. The van der Waals surface area contributed by atoms with E-state index in [1.807, 2.05) is 0 Å². The summed E-state index contributed by atoms with van der Waals surface area (Å²) in [4.78, 5) is 0. The highest BCUT2D eigenvalue weighted by molar-refractivity contribution is 7.17. The first-order valence-electron chi connectivity index (χ1n) is 2.69. The molecule has 0 atom stereocenters. The lowest BCUT2D eigenvalue weighted by Crippen LogP contribution is -1.47. The standard InChI is InChI=1S/C4H10.CH3O2P/c2*1-3-4-2/h3-4H2,1-2H3;1H3. The van der Waals surface area contributed by atoms with Crippen LogP contribution in [-0.4, -0.2) is 7.11 Å². The van der Waals surface area contributed by atoms with Crippen molar-refractivity contribution in [2.45, 2.75) is 26.7 Å². The van der Waals surface area contributed by atoms with Crippen LogP contribution in [0.5, 0.6) is 0 Å². The normalized spacial score (nSPS) is 7.88. The van der Waals surface area contributed by atoms with E-state index in [1.54, 1.807) is 0 Å². The summed E-state index contributed by atoms with van der Waals surface area (Å²) in [5, 5.41) is 0. The van der Waals surface area contributed by atoms with Crippen molar-refractivity contribution in [1.82, 2.24) is 0 Å². The minimum absolute atomic E-state index is 0.252. The molecule has 0 bridgehead atoms. The Bertz CT molecular complexity index is 37.4. The molecule has 0 rings (SSSR count). The molecule has 0 aliphatic rings. The zero-order chi connectivity index (χ0) is 6.83. The predicted molar refractivity (Wildman–Crippen MR) is 35.2 cm³/mol. The van der Waals surface area contributed by atoms with E-state index < -0.39 is 0 Å². The fourth-order valence-electron chi connectivity index (χ4n) is 0. The van der Waals surface area contributed by atoms with Crippen molar-refractivity contribution < 1.29 is 9.09 Å². The molecule has 0 heterocycles. The van der Waals surface area contributed by atoms with E-state index in [1.165, 1.54) is 20.0 Å². The molecule has 0 aromatic rings. The first-order valence-corrected chi connectivity index (χ1v) is 3.42. The molecule has 0 radical (unpaired) electrons. The Labute approximate surface area is 52.5 Å². The zero-order valence-electron chi connectivity index (χ0n) is 5.68. The second-order valence-corrected chi connectivity index (χ2v) is 1.77. The van der Waals surface area contributed by atoms with Crippen molar-refractivity contribution in [3.05, 3.63) is 0 Å². The quantitative estimate of drug-likeness (QED) is 0.545. The van der Waals surface area contributed by atoms with E-state index in [4.69, 9.17) is 4.57 Å². The van der Waals surface area contributed by atoms with Crippen molar-refractivity contribution in [2.75, 3.05) is 7.11 Å². The number of hydrogen-bond acceptors (Lipinski definition) is 2. The average Bonchev–Trinajstić information content (AvgIpc) is 1.88. The van der Waals surface area contributed by atoms with Gasteiger partial charge in [0.15, 0.2) is 0 Å². The fourth-order valence-corrected chi connectivity index (χ4v) is 0. The highest BCUT2D eigenvalue weighted by Gasteiger charge is 1.56. The summed E-state index contributed by atoms with van der Waals surface area (Å²) < 4.78 is 13.0. The molecular weight excluding hydrogens is 123 g/mol. The van der Waals surface area contributed by atoms with Crippen LogP contribution in [0.15, 0.2) is 0 Å². The first kappa shape index (κ1) is 10.9. The van der Waals surface area contributed by atoms with E-state index in [2.05, 4.69) is 18.4 Å². The molecule has 0 aromatic carbocycles. The molecular formula is C5H13O2P. The SMILES string of the molecule is CCCC.COP=O. The predicted octanol–water partition coefficient (Wildman–Crippen LogP) is 2.65. The van der Waals surface area contributed by atoms with Gasteiger partial charge in [-0.05, 0) is 0 Å². The molecule has 0 saturated heterocycles. The molecule has 0 aliphatic carbocycles. The van der Waals surface area contributed by atoms with Crippen LogP contribution in [0, 0.1) is 0 Å². The van der Waals surface area contributed by atoms with Crippen LogP contribution in [0.25, 0.3) is 0 Å². The summed E-state index contributed by atoms with van der Waals surface area (Å²) in [6.07, 6.45) is 2.64. The zero-order valence-corrected chi connectivity index (χ0v) is 6.57. The minimum Gasteiger partial charge on any atom is -0.298 e. The minimum atomic E-state index is -0.252. The summed E-state index contributed by atoms with van der Waals surface area (Å²) in [6.45, 7) is 4.36. The van der Waals surface area contributed by atoms with Crippen LogP contribution in [0.4, 0.5) is 0 Å². The Balaban J connectivity index is 0. The second-order valence-electron chi connectivity index (χ2n) is 1.26. The van der Waals surface area contributed by atoms with E-state index in [0.717, 1.165) is 0 Å². The highest BCUT2D eigenvalue weighted by Crippen LogP contribution is 1.83. The van der Waals surface area contributed by atoms with Gasteiger partial charge in [0.25, 0.3) is 0 Å². The molecule has 3 heteroatoms. The van der Waals surface area contributed by atoms with Gasteiger partial charge in [0.05, 0.1) is 0 Å². The van der Waals surface area contributed by atoms with Crippen LogP contribution in [-0.2, 0) is 9.09 Å². The Morgan fingerprint density at radius 2 is 1.62 bits per heavy atom. The van der Waals surface area contributed by atoms with Crippen LogP contribution < -0.4 is 0 Å². The maximum absolute atomic E-state index is 9.05. The van der Waals surface area contributed by atoms with Gasteiger partial charge in [-0.2, -0.15) is 0 Å². The van der Waals surface area contributed by atoms with Crippen molar-refractivity contribution in [1.29, 1.82) is 0 Å². The lowest BCUT2D eigenvalue weighted by molar-refractivity contribution is 0.433. The van der Waals surface area contributed by atoms with Crippen LogP contribution in [0.2, 0.25) is 0 Å². The summed E-state index contributed by atoms with van der Waals surface area (Å²) in [7, 11) is 1.10. The Morgan fingerprint density at radius 1 is 1.38 bits per heavy atom. The fraction of sp³-hybridized carbons (Fsp3) is 1.00. The van der Waals surface area contributed by atoms with E-state index in [9.17, 15) is 0 Å². The van der Waals surface area contributed by atoms with Gasteiger partial charge in [0.2, 0.25) is 0 Å². The summed E-state index contributed by atoms with van der Waals surface area (Å²) >= 11 is 0. The van der Waals surface area contributed by atoms with Gasteiger partial charge < -0.3 is 0 Å². The Morgan fingerprint density at radius 3 is 1.62 bits per heavy atom. The van der Waals surface area contributed by atoms with E-state index >= 15 is 0 Å². The Hall–Kier alpha value is 0.0600. The third-order valence-corrected chi connectivity index (χ3v) is 0.724. The lowest BCUT2D eigenvalue weighted by atomic mass is 10.4. The van der Waals surface area contributed by atoms with Gasteiger partial charge in [0.1, 0.15) is 0 Å². The first-order chi connectivity index (χ1) is 3.83. The van der Waals surface area contributed by atoms with Crippen LogP contribution in [0.1, 0.15) is 26.7 Å². The summed E-state index contributed by atoms with van der Waals surface area (Å²) in [5.41, 5.74) is 0. The molecule has 2 nitrogen and oxygen atoms in total.